The minimum atomic E-state index is -0.403. The van der Waals surface area contributed by atoms with Gasteiger partial charge in [-0.1, -0.05) is 42.5 Å². The lowest BCUT2D eigenvalue weighted by molar-refractivity contribution is -0.218. The summed E-state index contributed by atoms with van der Waals surface area (Å²) in [5.41, 5.74) is 1.32. The highest BCUT2D eigenvalue weighted by atomic mass is 32.1. The molecule has 81 heavy (non-hydrogen) atoms. The van der Waals surface area contributed by atoms with Gasteiger partial charge in [0, 0.05) is 17.7 Å². The number of ether oxygens (including phenoxy) is 6. The molecule has 5 aromatic rings. The molecule has 2 aliphatic carbocycles. The lowest BCUT2D eigenvalue weighted by Gasteiger charge is -2.27. The van der Waals surface area contributed by atoms with Crippen LogP contribution >= 0.6 is 11.3 Å². The number of hydrazone groups is 1. The van der Waals surface area contributed by atoms with Gasteiger partial charge in [0.15, 0.2) is 11.5 Å². The number of aromatic nitrogens is 1. The average Bonchev–Trinajstić information content (AvgIpc) is 3.94. The number of carbonyl (C=O) groups is 4. The predicted octanol–water partition coefficient (Wildman–Crippen LogP) is 12.6. The zero-order chi connectivity index (χ0) is 56.9. The third kappa shape index (κ3) is 21.0. The number of thiazole rings is 1. The second kappa shape index (κ2) is 33.8. The topological polar surface area (TPSA) is 189 Å². The van der Waals surface area contributed by atoms with E-state index < -0.39 is 11.9 Å². The van der Waals surface area contributed by atoms with Crippen LogP contribution in [-0.2, 0) is 38.4 Å². The smallest absolute Gasteiger partial charge is 0.330 e. The number of carbonyl (C=O) groups excluding carboxylic acids is 4. The van der Waals surface area contributed by atoms with Gasteiger partial charge < -0.3 is 38.2 Å². The highest BCUT2D eigenvalue weighted by Gasteiger charge is 2.30. The first-order valence-corrected chi connectivity index (χ1v) is 28.8. The molecule has 0 aliphatic heterocycles. The van der Waals surface area contributed by atoms with Crippen LogP contribution in [0.1, 0.15) is 108 Å². The number of hydrogen-bond donors (Lipinski definition) is 0. The van der Waals surface area contributed by atoms with Gasteiger partial charge in [-0.15, -0.1) is 6.42 Å². The van der Waals surface area contributed by atoms with Crippen molar-refractivity contribution in [2.75, 3.05) is 51.2 Å². The summed E-state index contributed by atoms with van der Waals surface area (Å²) in [6.07, 6.45) is 22.5. The third-order valence-electron chi connectivity index (χ3n) is 13.9. The molecule has 2 fully saturated rings. The molecule has 0 N–H and O–H groups in total. The first kappa shape index (κ1) is 60.9. The van der Waals surface area contributed by atoms with Crippen molar-refractivity contribution in [1.29, 1.82) is 0 Å². The van der Waals surface area contributed by atoms with E-state index in [0.29, 0.717) is 105 Å². The van der Waals surface area contributed by atoms with Gasteiger partial charge in [0.05, 0.1) is 67.9 Å². The highest BCUT2D eigenvalue weighted by molar-refractivity contribution is 7.22. The minimum Gasteiger partial charge on any atom is -0.494 e. The minimum absolute atomic E-state index is 0.151. The summed E-state index contributed by atoms with van der Waals surface area (Å²) in [7, 11) is 0. The molecule has 2 aliphatic rings. The summed E-state index contributed by atoms with van der Waals surface area (Å²) in [5, 5.41) is 6.97. The quantitative estimate of drug-likeness (QED) is 0.00552. The maximum Gasteiger partial charge on any atom is 0.330 e. The van der Waals surface area contributed by atoms with E-state index in [1.165, 1.54) is 17.4 Å². The van der Waals surface area contributed by atoms with E-state index in [-0.39, 0.29) is 42.2 Å². The van der Waals surface area contributed by atoms with Crippen molar-refractivity contribution in [3.8, 4) is 46.8 Å². The molecule has 2 saturated carbocycles. The third-order valence-corrected chi connectivity index (χ3v) is 14.9. The van der Waals surface area contributed by atoms with Crippen molar-refractivity contribution in [1.82, 2.24) is 4.98 Å². The second-order valence-corrected chi connectivity index (χ2v) is 20.9. The molecule has 4 aromatic carbocycles. The Morgan fingerprint density at radius 3 is 1.64 bits per heavy atom. The van der Waals surface area contributed by atoms with Crippen LogP contribution in [0.2, 0.25) is 0 Å². The molecule has 0 unspecified atom stereocenters. The predicted molar refractivity (Wildman–Crippen MR) is 308 cm³/mol. The number of hydrogen-bond acceptors (Lipinski definition) is 18. The van der Waals surface area contributed by atoms with E-state index in [1.54, 1.807) is 65.8 Å². The summed E-state index contributed by atoms with van der Waals surface area (Å²) in [4.78, 5) is 76.8. The summed E-state index contributed by atoms with van der Waals surface area (Å²) < 4.78 is 34.4. The maximum absolute atomic E-state index is 13.6. The van der Waals surface area contributed by atoms with Gasteiger partial charge in [0.25, 0.3) is 0 Å². The van der Waals surface area contributed by atoms with Crippen LogP contribution in [0, 0.1) is 36.0 Å². The van der Waals surface area contributed by atoms with Crippen LogP contribution in [0.15, 0.2) is 121 Å². The molecule has 18 heteroatoms. The number of esters is 4. The van der Waals surface area contributed by atoms with Crippen molar-refractivity contribution < 1.29 is 67.1 Å². The molecule has 0 saturated heterocycles. The normalized spacial score (nSPS) is 16.8. The van der Waals surface area contributed by atoms with E-state index in [4.69, 9.17) is 64.5 Å². The second-order valence-electron chi connectivity index (χ2n) is 19.9. The molecule has 0 atom stereocenters. The number of rotatable bonds is 34. The standard InChI is InChI=1S/C63H73N3O14S/c1-4-37-66(63-65-56-17-11-12-18-58(56)81-63)64-43-50-42-55(78-62(70)49-25-19-46(20-26-49)44-75-79-54-33-29-52(30-34-54)72-39-14-8-10-16-41-74-60(68)6-3)35-36-57(50)80-76-45-47-21-23-48(24-22-47)61(69)77-53-31-27-51(28-32-53)71-38-13-7-9-15-40-73-59(67)5-2/h1,5-6,11-12,17-18,27-36,42-43,46-49H,2-3,7-10,13-16,19-26,37-41,44-45H2/b64-43+. The van der Waals surface area contributed by atoms with Crippen LogP contribution < -0.4 is 33.7 Å². The van der Waals surface area contributed by atoms with Gasteiger partial charge in [0.2, 0.25) is 5.13 Å². The number of anilines is 1. The molecule has 0 amide bonds. The molecular weight excluding hydrogens is 1050 g/mol. The van der Waals surface area contributed by atoms with E-state index in [1.807, 2.05) is 36.4 Å². The van der Waals surface area contributed by atoms with Gasteiger partial charge >= 0.3 is 23.9 Å². The monoisotopic (exact) mass is 1130 g/mol. The number of unbranched alkanes of at least 4 members (excludes halogenated alkanes) is 6. The fraction of sp³-hybridized carbons (Fsp3) is 0.429. The summed E-state index contributed by atoms with van der Waals surface area (Å²) in [6, 6.07) is 27.2. The van der Waals surface area contributed by atoms with Crippen molar-refractivity contribution in [2.24, 2.45) is 28.8 Å². The Hall–Kier alpha value is -7.72. The average molecular weight is 1130 g/mol. The number of nitrogens with zero attached hydrogens (tertiary/aromatic N) is 3. The van der Waals surface area contributed by atoms with E-state index in [2.05, 4.69) is 19.1 Å². The number of benzene rings is 4. The van der Waals surface area contributed by atoms with Crippen molar-refractivity contribution in [2.45, 2.75) is 103 Å². The van der Waals surface area contributed by atoms with Crippen LogP contribution in [-0.4, -0.2) is 81.3 Å². The zero-order valence-corrected chi connectivity index (χ0v) is 46.7. The molecule has 0 radical (unpaired) electrons. The SMILES string of the molecule is C#CCN(/N=C/c1cc(OC(=O)C2CCC(COOc3ccc(OCCCCCCOC(=O)C=C)cc3)CC2)ccc1OOCC1CCC(C(=O)Oc2ccc(OCCCCCCOC(=O)C=C)cc2)CC1)c1nc2ccccc2s1. The van der Waals surface area contributed by atoms with Crippen molar-refractivity contribution >= 4 is 56.8 Å². The number of terminal acetylenes is 1. The van der Waals surface area contributed by atoms with E-state index >= 15 is 0 Å². The Balaban J connectivity index is 0.839. The molecule has 17 nitrogen and oxygen atoms in total. The molecule has 7 rings (SSSR count). The molecular formula is C63H73N3O14S. The highest BCUT2D eigenvalue weighted by Crippen LogP contribution is 2.34. The molecule has 0 bridgehead atoms. The summed E-state index contributed by atoms with van der Waals surface area (Å²) in [5.74, 6) is 4.29. The molecule has 430 valence electrons. The lowest BCUT2D eigenvalue weighted by Crippen LogP contribution is -2.27. The fourth-order valence-corrected chi connectivity index (χ4v) is 10.1. The Morgan fingerprint density at radius 1 is 0.605 bits per heavy atom. The Morgan fingerprint density at radius 2 is 1.10 bits per heavy atom. The largest absolute Gasteiger partial charge is 0.494 e. The molecule has 1 heterocycles. The lowest BCUT2D eigenvalue weighted by atomic mass is 9.82. The van der Waals surface area contributed by atoms with Gasteiger partial charge in [-0.3, -0.25) is 9.59 Å². The van der Waals surface area contributed by atoms with Gasteiger partial charge in [0.1, 0.15) is 29.5 Å². The van der Waals surface area contributed by atoms with Crippen molar-refractivity contribution in [3.05, 3.63) is 122 Å². The zero-order valence-electron chi connectivity index (χ0n) is 45.9. The van der Waals surface area contributed by atoms with Gasteiger partial charge in [-0.05, 0) is 193 Å². The van der Waals surface area contributed by atoms with Gasteiger partial charge in [-0.25, -0.2) is 19.6 Å². The van der Waals surface area contributed by atoms with Gasteiger partial charge in [-0.2, -0.15) is 14.9 Å². The Bertz CT molecular complexity index is 2820. The molecule has 0 spiro atoms. The van der Waals surface area contributed by atoms with Crippen LogP contribution in [0.25, 0.3) is 10.2 Å². The molecule has 1 aromatic heterocycles. The van der Waals surface area contributed by atoms with Crippen LogP contribution in [0.4, 0.5) is 5.13 Å². The fourth-order valence-electron chi connectivity index (χ4n) is 9.19. The maximum atomic E-state index is 13.6. The first-order valence-electron chi connectivity index (χ1n) is 28.0. The Labute approximate surface area is 478 Å². The van der Waals surface area contributed by atoms with Crippen LogP contribution in [0.5, 0.6) is 34.5 Å². The van der Waals surface area contributed by atoms with E-state index in [9.17, 15) is 19.2 Å². The van der Waals surface area contributed by atoms with Crippen molar-refractivity contribution in [3.63, 3.8) is 0 Å². The van der Waals surface area contributed by atoms with E-state index in [0.717, 1.165) is 99.1 Å². The Kier molecular flexibility index (Phi) is 25.4. The number of para-hydroxylation sites is 1. The number of fused-ring (bicyclic) bond motifs is 1. The van der Waals surface area contributed by atoms with Crippen LogP contribution in [0.3, 0.4) is 0 Å². The first-order chi connectivity index (χ1) is 39.7. The summed E-state index contributed by atoms with van der Waals surface area (Å²) >= 11 is 1.47. The summed E-state index contributed by atoms with van der Waals surface area (Å²) in [6.45, 7) is 9.55.